The van der Waals surface area contributed by atoms with E-state index in [9.17, 15) is 9.59 Å². The molecule has 5 aliphatic rings. The molecule has 0 radical (unpaired) electrons. The Balaban J connectivity index is 1.16. The van der Waals surface area contributed by atoms with Gasteiger partial charge in [0.2, 0.25) is 5.91 Å². The lowest BCUT2D eigenvalue weighted by Gasteiger charge is -2.71. The van der Waals surface area contributed by atoms with Crippen molar-refractivity contribution in [2.75, 3.05) is 0 Å². The first kappa shape index (κ1) is 33.9. The van der Waals surface area contributed by atoms with Gasteiger partial charge in [-0.05, 0) is 139 Å². The minimum Gasteiger partial charge on any atom is -0.273 e. The Morgan fingerprint density at radius 1 is 0.920 bits per heavy atom. The van der Waals surface area contributed by atoms with Gasteiger partial charge in [-0.25, -0.2) is 0 Å². The number of amides is 2. The van der Waals surface area contributed by atoms with Gasteiger partial charge in [0.1, 0.15) is 0 Å². The van der Waals surface area contributed by atoms with E-state index in [0.29, 0.717) is 29.2 Å². The summed E-state index contributed by atoms with van der Waals surface area (Å²) in [7, 11) is 0. The summed E-state index contributed by atoms with van der Waals surface area (Å²) in [6, 6.07) is 11.9. The van der Waals surface area contributed by atoms with Crippen LogP contribution in [0.2, 0.25) is 5.02 Å². The lowest BCUT2D eigenvalue weighted by atomic mass is 9.33. The quantitative estimate of drug-likeness (QED) is 0.207. The topological polar surface area (TPSA) is 84.0 Å². The van der Waals surface area contributed by atoms with E-state index in [0.717, 1.165) is 54.5 Å². The maximum Gasteiger partial charge on any atom is 0.271 e. The van der Waals surface area contributed by atoms with Gasteiger partial charge in [0.25, 0.3) is 5.91 Å². The van der Waals surface area contributed by atoms with Gasteiger partial charge >= 0.3 is 0 Å². The smallest absolute Gasteiger partial charge is 0.271 e. The standard InChI is InChI=1S/C43H53ClN4O2/c1-25-14-17-43(38(50)48-47-37(49)27-9-8-20-45-24-27)19-18-41(6)31(35(43)26(25)2)11-13-34-40(5)23-29-21-28-22-30(44)10-12-32(28)46-36(29)39(3,4)33(40)15-16-42(34,41)7/h8-12,20-22,24-26,33-35H,13-19,23H2,1-7H3,(H,47,49)(H,48,50)/t25-,26+,33+,34-,35+,40+,41-,42-,43+/m1/s1. The van der Waals surface area contributed by atoms with E-state index in [1.54, 1.807) is 18.3 Å². The molecule has 3 aromatic rings. The molecule has 50 heavy (non-hydrogen) atoms. The lowest BCUT2D eigenvalue weighted by Crippen LogP contribution is -2.66. The molecule has 2 N–H and O–H groups in total. The SMILES string of the molecule is C[C@H]1[C@H](C)CC[C@]2(C(=O)NNC(=O)c3cccnc3)CC[C@]3(C)C(=CC[C@@H]4[C@@]5(C)Cc6cc7cc(Cl)ccc7nc6C(C)(C)[C@@H]5CC[C@]43C)[C@H]12. The largest absolute Gasteiger partial charge is 0.273 e. The number of halogens is 1. The average molecular weight is 693 g/mol. The van der Waals surface area contributed by atoms with Crippen molar-refractivity contribution < 1.29 is 9.59 Å². The fraction of sp³-hybridized carbons (Fsp3) is 0.581. The highest BCUT2D eigenvalue weighted by Gasteiger charge is 2.69. The molecule has 7 heteroatoms. The Morgan fingerprint density at radius 3 is 2.48 bits per heavy atom. The summed E-state index contributed by atoms with van der Waals surface area (Å²) in [5.74, 6) is 1.72. The molecule has 3 fully saturated rings. The summed E-state index contributed by atoms with van der Waals surface area (Å²) in [5.41, 5.74) is 10.9. The van der Waals surface area contributed by atoms with Crippen LogP contribution in [-0.2, 0) is 16.6 Å². The van der Waals surface area contributed by atoms with E-state index in [-0.39, 0.29) is 39.4 Å². The van der Waals surface area contributed by atoms with Crippen molar-refractivity contribution in [1.82, 2.24) is 20.8 Å². The number of fused-ring (bicyclic) bond motifs is 9. The lowest BCUT2D eigenvalue weighted by molar-refractivity contribution is -0.170. The van der Waals surface area contributed by atoms with Gasteiger partial charge in [-0.2, -0.15) is 0 Å². The average Bonchev–Trinajstić information content (AvgIpc) is 3.08. The van der Waals surface area contributed by atoms with Gasteiger partial charge in [-0.3, -0.25) is 30.4 Å². The fourth-order valence-corrected chi connectivity index (χ4v) is 13.1. The number of hydrogen-bond donors (Lipinski definition) is 2. The van der Waals surface area contributed by atoms with Crippen molar-refractivity contribution in [2.45, 2.75) is 105 Å². The summed E-state index contributed by atoms with van der Waals surface area (Å²) < 4.78 is 0. The first-order valence-corrected chi connectivity index (χ1v) is 19.3. The number of carbonyl (C=O) groups is 2. The van der Waals surface area contributed by atoms with Crippen LogP contribution in [0.3, 0.4) is 0 Å². The number of hydrogen-bond acceptors (Lipinski definition) is 4. The Labute approximate surface area is 302 Å². The summed E-state index contributed by atoms with van der Waals surface area (Å²) in [6.45, 7) is 17.4. The second kappa shape index (κ2) is 11.4. The van der Waals surface area contributed by atoms with Crippen LogP contribution in [0.5, 0.6) is 0 Å². The first-order valence-electron chi connectivity index (χ1n) is 19.0. The zero-order valence-corrected chi connectivity index (χ0v) is 31.6. The molecule has 0 spiro atoms. The van der Waals surface area contributed by atoms with Crippen LogP contribution in [0.25, 0.3) is 10.9 Å². The molecule has 5 aliphatic carbocycles. The highest BCUT2D eigenvalue weighted by molar-refractivity contribution is 6.31. The van der Waals surface area contributed by atoms with Crippen LogP contribution in [0.4, 0.5) is 0 Å². The Morgan fingerprint density at radius 2 is 1.72 bits per heavy atom. The number of benzene rings is 1. The molecule has 0 saturated heterocycles. The normalized spacial score (nSPS) is 38.3. The van der Waals surface area contributed by atoms with Gasteiger partial charge in [-0.1, -0.05) is 71.7 Å². The second-order valence-corrected chi connectivity index (χ2v) is 18.6. The molecule has 8 rings (SSSR count). The Kier molecular flexibility index (Phi) is 7.70. The van der Waals surface area contributed by atoms with Crippen molar-refractivity contribution in [3.63, 3.8) is 0 Å². The number of hydrazine groups is 1. The second-order valence-electron chi connectivity index (χ2n) is 18.2. The van der Waals surface area contributed by atoms with Crippen molar-refractivity contribution >= 4 is 34.3 Å². The van der Waals surface area contributed by atoms with Crippen LogP contribution in [-0.4, -0.2) is 21.8 Å². The van der Waals surface area contributed by atoms with E-state index < -0.39 is 5.41 Å². The number of nitrogens with one attached hydrogen (secondary N) is 2. The molecule has 6 nitrogen and oxygen atoms in total. The van der Waals surface area contributed by atoms with E-state index in [2.05, 4.69) is 88.6 Å². The summed E-state index contributed by atoms with van der Waals surface area (Å²) in [5, 5.41) is 1.88. The maximum absolute atomic E-state index is 14.4. The predicted octanol–water partition coefficient (Wildman–Crippen LogP) is 9.42. The molecule has 2 heterocycles. The van der Waals surface area contributed by atoms with Gasteiger partial charge in [0.15, 0.2) is 0 Å². The molecule has 0 bridgehead atoms. The number of allylic oxidation sites excluding steroid dienone is 2. The molecular weight excluding hydrogens is 640 g/mol. The molecule has 2 amide bonds. The number of rotatable bonds is 2. The monoisotopic (exact) mass is 692 g/mol. The van der Waals surface area contributed by atoms with Crippen LogP contribution < -0.4 is 10.9 Å². The summed E-state index contributed by atoms with van der Waals surface area (Å²) in [4.78, 5) is 36.8. The van der Waals surface area contributed by atoms with Crippen molar-refractivity contribution in [2.24, 2.45) is 51.2 Å². The zero-order chi connectivity index (χ0) is 35.4. The van der Waals surface area contributed by atoms with Crippen LogP contribution in [0, 0.1) is 51.2 Å². The first-order chi connectivity index (χ1) is 23.7. The minimum absolute atomic E-state index is 0.0117. The molecule has 3 saturated carbocycles. The van der Waals surface area contributed by atoms with E-state index >= 15 is 0 Å². The van der Waals surface area contributed by atoms with E-state index in [1.807, 2.05) is 6.07 Å². The Bertz CT molecular complexity index is 1920. The van der Waals surface area contributed by atoms with Crippen molar-refractivity contribution in [1.29, 1.82) is 0 Å². The van der Waals surface area contributed by atoms with Gasteiger partial charge in [-0.15, -0.1) is 0 Å². The van der Waals surface area contributed by atoms with Crippen LogP contribution in [0.1, 0.15) is 115 Å². The van der Waals surface area contributed by atoms with Crippen LogP contribution >= 0.6 is 11.6 Å². The molecular formula is C43H53ClN4O2. The van der Waals surface area contributed by atoms with Gasteiger partial charge in [0, 0.05) is 28.2 Å². The third-order valence-electron chi connectivity index (χ3n) is 15.8. The molecule has 1 aromatic carbocycles. The molecule has 0 unspecified atom stereocenters. The molecule has 0 aliphatic heterocycles. The van der Waals surface area contributed by atoms with Crippen molar-refractivity contribution in [3.05, 3.63) is 82.3 Å². The fourth-order valence-electron chi connectivity index (χ4n) is 12.9. The predicted molar refractivity (Wildman–Crippen MR) is 199 cm³/mol. The summed E-state index contributed by atoms with van der Waals surface area (Å²) in [6.07, 6.45) is 13.9. The maximum atomic E-state index is 14.4. The van der Waals surface area contributed by atoms with Gasteiger partial charge in [0.05, 0.1) is 22.2 Å². The summed E-state index contributed by atoms with van der Waals surface area (Å²) >= 11 is 6.46. The zero-order valence-electron chi connectivity index (χ0n) is 30.8. The molecule has 2 aromatic heterocycles. The molecule has 264 valence electrons. The van der Waals surface area contributed by atoms with Crippen molar-refractivity contribution in [3.8, 4) is 0 Å². The number of pyridine rings is 2. The number of carbonyl (C=O) groups excluding carboxylic acids is 2. The van der Waals surface area contributed by atoms with E-state index in [1.165, 1.54) is 35.9 Å². The minimum atomic E-state index is -0.538. The van der Waals surface area contributed by atoms with E-state index in [4.69, 9.17) is 16.6 Å². The Hall–Kier alpha value is -3.25. The third-order valence-corrected chi connectivity index (χ3v) is 16.1. The van der Waals surface area contributed by atoms with Crippen LogP contribution in [0.15, 0.2) is 60.4 Å². The number of aromatic nitrogens is 2. The molecule has 9 atom stereocenters. The van der Waals surface area contributed by atoms with Gasteiger partial charge < -0.3 is 0 Å². The number of nitrogens with zero attached hydrogens (tertiary/aromatic N) is 2. The highest BCUT2D eigenvalue weighted by Crippen LogP contribution is 2.75. The highest BCUT2D eigenvalue weighted by atomic mass is 35.5. The third kappa shape index (κ3) is 4.58.